The number of hydrogen-bond acceptors (Lipinski definition) is 3. The zero-order chi connectivity index (χ0) is 19.9. The molecule has 1 unspecified atom stereocenters. The molecule has 1 aromatic carbocycles. The normalized spacial score (nSPS) is 18.3. The summed E-state index contributed by atoms with van der Waals surface area (Å²) >= 11 is 6.06. The van der Waals surface area contributed by atoms with Crippen molar-refractivity contribution < 1.29 is 8.42 Å². The van der Waals surface area contributed by atoms with Crippen molar-refractivity contribution in [2.75, 3.05) is 25.1 Å². The average molecular weight is 414 g/mol. The summed E-state index contributed by atoms with van der Waals surface area (Å²) in [5.41, 5.74) is 1.36. The van der Waals surface area contributed by atoms with Crippen molar-refractivity contribution in [2.24, 2.45) is 4.99 Å². The highest BCUT2D eigenvalue weighted by atomic mass is 35.5. The van der Waals surface area contributed by atoms with Gasteiger partial charge in [-0.1, -0.05) is 36.6 Å². The number of hydrogen-bond donors (Lipinski definition) is 2. The molecule has 1 fully saturated rings. The molecule has 1 saturated carbocycles. The van der Waals surface area contributed by atoms with Gasteiger partial charge in [0, 0.05) is 29.3 Å². The standard InChI is InChI=1S/C20H32ClN3O2S/c1-4-22-19(24-16(2)11-14-27(3,25)26)23-15-20(12-5-6-13-20)17-7-9-18(21)10-8-17/h7-10,16H,4-6,11-15H2,1-3H3,(H2,22,23,24). The molecule has 1 aromatic rings. The Hall–Kier alpha value is -1.27. The van der Waals surface area contributed by atoms with Crippen molar-refractivity contribution in [3.8, 4) is 0 Å². The summed E-state index contributed by atoms with van der Waals surface area (Å²) in [7, 11) is -2.95. The molecule has 2 N–H and O–H groups in total. The van der Waals surface area contributed by atoms with E-state index < -0.39 is 9.84 Å². The maximum Gasteiger partial charge on any atom is 0.191 e. The molecule has 0 spiro atoms. The smallest absolute Gasteiger partial charge is 0.191 e. The molecule has 7 heteroatoms. The minimum absolute atomic E-state index is 0.0348. The van der Waals surface area contributed by atoms with Crippen molar-refractivity contribution in [3.05, 3.63) is 34.9 Å². The van der Waals surface area contributed by atoms with Gasteiger partial charge < -0.3 is 10.6 Å². The van der Waals surface area contributed by atoms with Gasteiger partial charge in [0.05, 0.1) is 12.3 Å². The second kappa shape index (κ2) is 9.78. The van der Waals surface area contributed by atoms with Crippen LogP contribution in [0.3, 0.4) is 0 Å². The molecule has 2 rings (SSSR count). The Balaban J connectivity index is 2.09. The molecule has 0 radical (unpaired) electrons. The minimum Gasteiger partial charge on any atom is -0.357 e. The second-order valence-corrected chi connectivity index (χ2v) is 10.3. The Kier molecular flexibility index (Phi) is 7.98. The maximum atomic E-state index is 11.4. The Labute approximate surface area is 168 Å². The molecule has 152 valence electrons. The molecule has 0 heterocycles. The minimum atomic E-state index is -2.95. The van der Waals surface area contributed by atoms with Crippen LogP contribution in [0.2, 0.25) is 5.02 Å². The summed E-state index contributed by atoms with van der Waals surface area (Å²) in [5.74, 6) is 0.925. The van der Waals surface area contributed by atoms with Crippen LogP contribution in [-0.2, 0) is 15.3 Å². The van der Waals surface area contributed by atoms with E-state index in [1.54, 1.807) is 0 Å². The Morgan fingerprint density at radius 2 is 1.89 bits per heavy atom. The Morgan fingerprint density at radius 3 is 2.44 bits per heavy atom. The largest absolute Gasteiger partial charge is 0.357 e. The van der Waals surface area contributed by atoms with E-state index in [0.29, 0.717) is 13.0 Å². The summed E-state index contributed by atoms with van der Waals surface area (Å²) in [6.07, 6.45) is 6.52. The first-order valence-electron chi connectivity index (χ1n) is 9.73. The molecule has 1 aliphatic carbocycles. The molecular weight excluding hydrogens is 382 g/mol. The van der Waals surface area contributed by atoms with E-state index in [-0.39, 0.29) is 17.2 Å². The van der Waals surface area contributed by atoms with Crippen molar-refractivity contribution >= 4 is 27.4 Å². The molecule has 1 aliphatic rings. The Morgan fingerprint density at radius 1 is 1.26 bits per heavy atom. The van der Waals surface area contributed by atoms with E-state index in [2.05, 4.69) is 22.8 Å². The predicted octanol–water partition coefficient (Wildman–Crippen LogP) is 3.53. The number of benzene rings is 1. The molecule has 1 atom stereocenters. The zero-order valence-corrected chi connectivity index (χ0v) is 18.2. The quantitative estimate of drug-likeness (QED) is 0.505. The first kappa shape index (κ1) is 22.0. The number of nitrogens with zero attached hydrogens (tertiary/aromatic N) is 1. The van der Waals surface area contributed by atoms with Crippen LogP contribution in [-0.4, -0.2) is 45.5 Å². The number of nitrogens with one attached hydrogen (secondary N) is 2. The monoisotopic (exact) mass is 413 g/mol. The highest BCUT2D eigenvalue weighted by Crippen LogP contribution is 2.41. The summed E-state index contributed by atoms with van der Waals surface area (Å²) in [6.45, 7) is 5.49. The number of halogens is 1. The van der Waals surface area contributed by atoms with Crippen LogP contribution in [0.4, 0.5) is 0 Å². The van der Waals surface area contributed by atoms with Crippen LogP contribution < -0.4 is 10.6 Å². The van der Waals surface area contributed by atoms with Gasteiger partial charge in [0.1, 0.15) is 9.84 Å². The topological polar surface area (TPSA) is 70.6 Å². The van der Waals surface area contributed by atoms with Gasteiger partial charge in [-0.3, -0.25) is 4.99 Å². The van der Waals surface area contributed by atoms with Crippen LogP contribution in [0.25, 0.3) is 0 Å². The van der Waals surface area contributed by atoms with Gasteiger partial charge >= 0.3 is 0 Å². The Bertz CT molecular complexity index is 726. The summed E-state index contributed by atoms with van der Waals surface area (Å²) in [5, 5.41) is 7.38. The lowest BCUT2D eigenvalue weighted by atomic mass is 9.79. The highest BCUT2D eigenvalue weighted by Gasteiger charge is 2.35. The van der Waals surface area contributed by atoms with E-state index in [9.17, 15) is 8.42 Å². The molecule has 0 aliphatic heterocycles. The third kappa shape index (κ3) is 7.00. The third-order valence-electron chi connectivity index (χ3n) is 5.21. The van der Waals surface area contributed by atoms with Gasteiger partial charge in [-0.25, -0.2) is 8.42 Å². The highest BCUT2D eigenvalue weighted by molar-refractivity contribution is 7.90. The van der Waals surface area contributed by atoms with E-state index in [1.807, 2.05) is 26.0 Å². The molecule has 5 nitrogen and oxygen atoms in total. The van der Waals surface area contributed by atoms with E-state index >= 15 is 0 Å². The summed E-state index contributed by atoms with van der Waals surface area (Å²) in [6, 6.07) is 8.19. The van der Waals surface area contributed by atoms with Gasteiger partial charge in [0.15, 0.2) is 5.96 Å². The molecular formula is C20H32ClN3O2S. The molecule has 0 aromatic heterocycles. The van der Waals surface area contributed by atoms with E-state index in [1.165, 1.54) is 24.7 Å². The maximum absolute atomic E-state index is 11.4. The van der Waals surface area contributed by atoms with Crippen LogP contribution in [0, 0.1) is 0 Å². The molecule has 27 heavy (non-hydrogen) atoms. The number of aliphatic imine (C=N–C) groups is 1. The fourth-order valence-corrected chi connectivity index (χ4v) is 4.55. The van der Waals surface area contributed by atoms with E-state index in [0.717, 1.165) is 30.4 Å². The van der Waals surface area contributed by atoms with Crippen LogP contribution in [0.1, 0.15) is 51.5 Å². The van der Waals surface area contributed by atoms with Crippen LogP contribution >= 0.6 is 11.6 Å². The summed E-state index contributed by atoms with van der Waals surface area (Å²) < 4.78 is 22.8. The van der Waals surface area contributed by atoms with E-state index in [4.69, 9.17) is 16.6 Å². The summed E-state index contributed by atoms with van der Waals surface area (Å²) in [4.78, 5) is 4.86. The lowest BCUT2D eigenvalue weighted by Crippen LogP contribution is -2.43. The lowest BCUT2D eigenvalue weighted by molar-refractivity contribution is 0.452. The predicted molar refractivity (Wildman–Crippen MR) is 115 cm³/mol. The third-order valence-corrected chi connectivity index (χ3v) is 6.44. The number of guanidine groups is 1. The number of rotatable bonds is 8. The van der Waals surface area contributed by atoms with Crippen molar-refractivity contribution in [3.63, 3.8) is 0 Å². The number of sulfone groups is 1. The van der Waals surface area contributed by atoms with Crippen molar-refractivity contribution in [1.82, 2.24) is 10.6 Å². The van der Waals surface area contributed by atoms with Gasteiger partial charge in [0.2, 0.25) is 0 Å². The SMILES string of the molecule is CCNC(=NCC1(c2ccc(Cl)cc2)CCCC1)NC(C)CCS(C)(=O)=O. The zero-order valence-electron chi connectivity index (χ0n) is 16.6. The fraction of sp³-hybridized carbons (Fsp3) is 0.650. The molecule has 0 saturated heterocycles. The van der Waals surface area contributed by atoms with Gasteiger partial charge in [0.25, 0.3) is 0 Å². The fourth-order valence-electron chi connectivity index (χ4n) is 3.64. The molecule has 0 amide bonds. The average Bonchev–Trinajstić information content (AvgIpc) is 3.08. The van der Waals surface area contributed by atoms with Gasteiger partial charge in [-0.05, 0) is 50.8 Å². The van der Waals surface area contributed by atoms with Gasteiger partial charge in [-0.15, -0.1) is 0 Å². The van der Waals surface area contributed by atoms with Crippen LogP contribution in [0.5, 0.6) is 0 Å². The van der Waals surface area contributed by atoms with Crippen LogP contribution in [0.15, 0.2) is 29.3 Å². The van der Waals surface area contributed by atoms with Crippen molar-refractivity contribution in [2.45, 2.75) is 57.4 Å². The first-order chi connectivity index (χ1) is 12.7. The molecule has 0 bridgehead atoms. The first-order valence-corrected chi connectivity index (χ1v) is 12.2. The second-order valence-electron chi connectivity index (χ2n) is 7.65. The van der Waals surface area contributed by atoms with Crippen molar-refractivity contribution in [1.29, 1.82) is 0 Å². The van der Waals surface area contributed by atoms with Gasteiger partial charge in [-0.2, -0.15) is 0 Å². The lowest BCUT2D eigenvalue weighted by Gasteiger charge is -2.29.